The van der Waals surface area contributed by atoms with Crippen LogP contribution in [0.4, 0.5) is 11.8 Å². The molecule has 1 aliphatic rings. The molecule has 1 heterocycles. The highest BCUT2D eigenvalue weighted by molar-refractivity contribution is 5.82. The van der Waals surface area contributed by atoms with Gasteiger partial charge in [-0.15, -0.1) is 0 Å². The van der Waals surface area contributed by atoms with E-state index in [1.165, 1.54) is 0 Å². The molecule has 0 amide bonds. The highest BCUT2D eigenvalue weighted by atomic mass is 16.4. The molecule has 20 heavy (non-hydrogen) atoms. The Kier molecular flexibility index (Phi) is 4.11. The molecule has 0 radical (unpaired) electrons. The van der Waals surface area contributed by atoms with E-state index in [0.717, 1.165) is 12.8 Å². The Balaban J connectivity index is 2.20. The number of hydrogen-bond acceptors (Lipinski definition) is 5. The minimum Gasteiger partial charge on any atom is -0.480 e. The Morgan fingerprint density at radius 1 is 1.45 bits per heavy atom. The van der Waals surface area contributed by atoms with Crippen LogP contribution >= 0.6 is 0 Å². The van der Waals surface area contributed by atoms with Crippen molar-refractivity contribution in [2.45, 2.75) is 38.1 Å². The fourth-order valence-corrected chi connectivity index (χ4v) is 2.53. The van der Waals surface area contributed by atoms with Crippen molar-refractivity contribution in [1.82, 2.24) is 9.97 Å². The van der Waals surface area contributed by atoms with Gasteiger partial charge in [-0.25, -0.2) is 9.78 Å². The van der Waals surface area contributed by atoms with Crippen molar-refractivity contribution in [3.8, 4) is 0 Å². The van der Waals surface area contributed by atoms with Gasteiger partial charge in [-0.2, -0.15) is 4.98 Å². The van der Waals surface area contributed by atoms with Gasteiger partial charge in [-0.3, -0.25) is 0 Å². The van der Waals surface area contributed by atoms with Gasteiger partial charge >= 0.3 is 5.97 Å². The molecule has 0 spiro atoms. The van der Waals surface area contributed by atoms with Crippen LogP contribution in [-0.2, 0) is 4.79 Å². The van der Waals surface area contributed by atoms with E-state index in [2.05, 4.69) is 22.2 Å². The second kappa shape index (κ2) is 5.64. The molecule has 1 aliphatic carbocycles. The summed E-state index contributed by atoms with van der Waals surface area (Å²) >= 11 is 0. The lowest BCUT2D eigenvalue weighted by Gasteiger charge is -2.36. The van der Waals surface area contributed by atoms with Gasteiger partial charge in [0.05, 0.1) is 0 Å². The molecule has 0 atom stereocenters. The molecule has 2 N–H and O–H groups in total. The summed E-state index contributed by atoms with van der Waals surface area (Å²) in [6.45, 7) is 2.17. The fourth-order valence-electron chi connectivity index (χ4n) is 2.53. The lowest BCUT2D eigenvalue weighted by molar-refractivity contribution is -0.143. The number of hydrogen-bond donors (Lipinski definition) is 2. The van der Waals surface area contributed by atoms with E-state index < -0.39 is 11.5 Å². The maximum absolute atomic E-state index is 11.7. The summed E-state index contributed by atoms with van der Waals surface area (Å²) in [6, 6.07) is 1.72. The van der Waals surface area contributed by atoms with Crippen molar-refractivity contribution in [3.05, 3.63) is 12.3 Å². The van der Waals surface area contributed by atoms with Crippen LogP contribution in [0.1, 0.15) is 32.6 Å². The molecule has 1 fully saturated rings. The summed E-state index contributed by atoms with van der Waals surface area (Å²) in [5.74, 6) is 0.932. The Labute approximate surface area is 119 Å². The number of anilines is 2. The summed E-state index contributed by atoms with van der Waals surface area (Å²) in [4.78, 5) is 22.0. The van der Waals surface area contributed by atoms with Gasteiger partial charge < -0.3 is 15.3 Å². The predicted molar refractivity (Wildman–Crippen MR) is 78.0 cm³/mol. The number of aromatic nitrogens is 2. The molecule has 2 rings (SSSR count). The molecule has 6 heteroatoms. The van der Waals surface area contributed by atoms with E-state index in [1.807, 2.05) is 14.1 Å². The normalized spacial score (nSPS) is 26.1. The number of carboxylic acids is 1. The number of aliphatic carboxylic acids is 1. The molecule has 0 aromatic carbocycles. The average molecular weight is 278 g/mol. The van der Waals surface area contributed by atoms with Gasteiger partial charge in [-0.05, 0) is 37.7 Å². The Morgan fingerprint density at radius 3 is 2.65 bits per heavy atom. The van der Waals surface area contributed by atoms with Crippen LogP contribution in [0.25, 0.3) is 0 Å². The quantitative estimate of drug-likeness (QED) is 0.877. The van der Waals surface area contributed by atoms with E-state index in [4.69, 9.17) is 0 Å². The largest absolute Gasteiger partial charge is 0.480 e. The topological polar surface area (TPSA) is 78.4 Å². The number of carbonyl (C=O) groups is 1. The van der Waals surface area contributed by atoms with Crippen LogP contribution in [0.5, 0.6) is 0 Å². The maximum atomic E-state index is 11.7. The first-order valence-corrected chi connectivity index (χ1v) is 6.95. The lowest BCUT2D eigenvalue weighted by atomic mass is 9.77. The van der Waals surface area contributed by atoms with Crippen molar-refractivity contribution in [2.24, 2.45) is 5.92 Å². The lowest BCUT2D eigenvalue weighted by Crippen LogP contribution is -2.49. The number of rotatable bonds is 4. The number of nitrogens with zero attached hydrogens (tertiary/aromatic N) is 3. The molecule has 1 aromatic heterocycles. The summed E-state index contributed by atoms with van der Waals surface area (Å²) in [5, 5.41) is 12.7. The highest BCUT2D eigenvalue weighted by Gasteiger charge is 2.41. The van der Waals surface area contributed by atoms with Gasteiger partial charge in [0, 0.05) is 20.3 Å². The molecule has 1 aromatic rings. The van der Waals surface area contributed by atoms with Gasteiger partial charge in [0.25, 0.3) is 0 Å². The third-order valence-corrected chi connectivity index (χ3v) is 3.95. The number of carboxylic acid groups (broad SMARTS) is 1. The molecule has 110 valence electrons. The fraction of sp³-hybridized carbons (Fsp3) is 0.643. The van der Waals surface area contributed by atoms with E-state index in [-0.39, 0.29) is 0 Å². The zero-order valence-electron chi connectivity index (χ0n) is 12.3. The van der Waals surface area contributed by atoms with E-state index in [0.29, 0.717) is 30.5 Å². The van der Waals surface area contributed by atoms with E-state index in [1.54, 1.807) is 17.2 Å². The zero-order chi connectivity index (χ0) is 14.8. The second-order valence-corrected chi connectivity index (χ2v) is 5.83. The van der Waals surface area contributed by atoms with Gasteiger partial charge in [0.15, 0.2) is 0 Å². The van der Waals surface area contributed by atoms with Crippen molar-refractivity contribution < 1.29 is 9.90 Å². The molecular weight excluding hydrogens is 256 g/mol. The molecule has 1 saturated carbocycles. The van der Waals surface area contributed by atoms with Crippen molar-refractivity contribution in [3.63, 3.8) is 0 Å². The summed E-state index contributed by atoms with van der Waals surface area (Å²) in [6.07, 6.45) is 4.75. The standard InChI is InChI=1S/C14H22N4O2/c1-10-4-7-14(8-5-10,12(19)20)17-11-6-9-15-13(16-11)18(2)3/h6,9-10H,4-5,7-8H2,1-3H3,(H,19,20)(H,15,16,17). The van der Waals surface area contributed by atoms with E-state index >= 15 is 0 Å². The molecular formula is C14H22N4O2. The van der Waals surface area contributed by atoms with Gasteiger partial charge in [0.1, 0.15) is 11.4 Å². The Hall–Kier alpha value is -1.85. The number of nitrogens with one attached hydrogen (secondary N) is 1. The maximum Gasteiger partial charge on any atom is 0.329 e. The van der Waals surface area contributed by atoms with Crippen molar-refractivity contribution >= 4 is 17.7 Å². The highest BCUT2D eigenvalue weighted by Crippen LogP contribution is 2.34. The van der Waals surface area contributed by atoms with Crippen LogP contribution in [0.15, 0.2) is 12.3 Å². The monoisotopic (exact) mass is 278 g/mol. The molecule has 0 unspecified atom stereocenters. The van der Waals surface area contributed by atoms with E-state index in [9.17, 15) is 9.90 Å². The SMILES string of the molecule is CC1CCC(Nc2ccnc(N(C)C)n2)(C(=O)O)CC1. The first kappa shape index (κ1) is 14.6. The Bertz CT molecular complexity index is 482. The van der Waals surface area contributed by atoms with Crippen LogP contribution in [0, 0.1) is 5.92 Å². The molecule has 0 bridgehead atoms. The van der Waals surface area contributed by atoms with Gasteiger partial charge in [-0.1, -0.05) is 6.92 Å². The smallest absolute Gasteiger partial charge is 0.329 e. The second-order valence-electron chi connectivity index (χ2n) is 5.83. The van der Waals surface area contributed by atoms with Crippen molar-refractivity contribution in [2.75, 3.05) is 24.3 Å². The van der Waals surface area contributed by atoms with Crippen LogP contribution in [-0.4, -0.2) is 40.7 Å². The van der Waals surface area contributed by atoms with Crippen LogP contribution in [0.3, 0.4) is 0 Å². The zero-order valence-corrected chi connectivity index (χ0v) is 12.3. The minimum atomic E-state index is -0.898. The molecule has 0 aliphatic heterocycles. The molecule has 0 saturated heterocycles. The first-order chi connectivity index (χ1) is 9.43. The van der Waals surface area contributed by atoms with Crippen LogP contribution < -0.4 is 10.2 Å². The third kappa shape index (κ3) is 3.00. The van der Waals surface area contributed by atoms with Gasteiger partial charge in [0.2, 0.25) is 5.95 Å². The third-order valence-electron chi connectivity index (χ3n) is 3.95. The average Bonchev–Trinajstić information content (AvgIpc) is 2.41. The summed E-state index contributed by atoms with van der Waals surface area (Å²) in [7, 11) is 3.71. The summed E-state index contributed by atoms with van der Waals surface area (Å²) in [5.41, 5.74) is -0.898. The minimum absolute atomic E-state index is 0.569. The molecule has 6 nitrogen and oxygen atoms in total. The first-order valence-electron chi connectivity index (χ1n) is 6.95. The van der Waals surface area contributed by atoms with Crippen LogP contribution in [0.2, 0.25) is 0 Å². The Morgan fingerprint density at radius 2 is 2.10 bits per heavy atom. The summed E-state index contributed by atoms with van der Waals surface area (Å²) < 4.78 is 0. The van der Waals surface area contributed by atoms with Crippen molar-refractivity contribution in [1.29, 1.82) is 0 Å². The predicted octanol–water partition coefficient (Wildman–Crippen LogP) is 1.99.